The summed E-state index contributed by atoms with van der Waals surface area (Å²) in [6.45, 7) is 2.69. The van der Waals surface area contributed by atoms with Gasteiger partial charge in [0.25, 0.3) is 0 Å². The van der Waals surface area contributed by atoms with Gasteiger partial charge in [-0.1, -0.05) is 6.92 Å². The van der Waals surface area contributed by atoms with Crippen LogP contribution in [0.4, 0.5) is 5.82 Å². The molecule has 0 saturated carbocycles. The average Bonchev–Trinajstić information content (AvgIpc) is 3.18. The highest BCUT2D eigenvalue weighted by Crippen LogP contribution is 2.12. The van der Waals surface area contributed by atoms with Crippen molar-refractivity contribution in [3.05, 3.63) is 58.4 Å². The number of nitrogens with zero attached hydrogens (tertiary/aromatic N) is 4. The zero-order chi connectivity index (χ0) is 16.1. The summed E-state index contributed by atoms with van der Waals surface area (Å²) in [5.74, 6) is 0.451. The van der Waals surface area contributed by atoms with Crippen molar-refractivity contribution >= 4 is 23.1 Å². The highest BCUT2D eigenvalue weighted by atomic mass is 32.1. The van der Waals surface area contributed by atoms with Crippen LogP contribution in [-0.4, -0.2) is 25.7 Å². The summed E-state index contributed by atoms with van der Waals surface area (Å²) in [6, 6.07) is 5.67. The molecule has 0 aromatic carbocycles. The van der Waals surface area contributed by atoms with E-state index in [0.29, 0.717) is 12.4 Å². The highest BCUT2D eigenvalue weighted by Gasteiger charge is 2.09. The Balaban J connectivity index is 1.57. The van der Waals surface area contributed by atoms with E-state index in [0.717, 1.165) is 22.7 Å². The Kier molecular flexibility index (Phi) is 4.77. The topological polar surface area (TPSA) is 72.7 Å². The van der Waals surface area contributed by atoms with Crippen LogP contribution in [0.2, 0.25) is 0 Å². The predicted octanol–water partition coefficient (Wildman–Crippen LogP) is 2.53. The van der Waals surface area contributed by atoms with E-state index >= 15 is 0 Å². The maximum atomic E-state index is 12.0. The van der Waals surface area contributed by atoms with Crippen LogP contribution in [0.15, 0.2) is 42.2 Å². The van der Waals surface area contributed by atoms with Crippen molar-refractivity contribution < 1.29 is 4.79 Å². The van der Waals surface area contributed by atoms with Crippen molar-refractivity contribution in [1.29, 1.82) is 0 Å². The number of hydrogen-bond acceptors (Lipinski definition) is 5. The molecule has 3 rings (SSSR count). The third-order valence-corrected chi connectivity index (χ3v) is 4.17. The second-order valence-electron chi connectivity index (χ2n) is 5.07. The molecule has 0 saturated heterocycles. The predicted molar refractivity (Wildman–Crippen MR) is 89.4 cm³/mol. The minimum Gasteiger partial charge on any atom is -0.309 e. The van der Waals surface area contributed by atoms with Crippen molar-refractivity contribution in [2.75, 3.05) is 5.32 Å². The largest absolute Gasteiger partial charge is 0.309 e. The minimum atomic E-state index is -0.101. The van der Waals surface area contributed by atoms with Gasteiger partial charge in [0.2, 0.25) is 5.91 Å². The van der Waals surface area contributed by atoms with Crippen molar-refractivity contribution in [1.82, 2.24) is 19.7 Å². The van der Waals surface area contributed by atoms with Crippen LogP contribution < -0.4 is 5.32 Å². The van der Waals surface area contributed by atoms with Gasteiger partial charge in [0.1, 0.15) is 5.01 Å². The van der Waals surface area contributed by atoms with Crippen LogP contribution in [0.5, 0.6) is 0 Å². The molecule has 3 aromatic heterocycles. The number of carbonyl (C=O) groups is 1. The zero-order valence-electron chi connectivity index (χ0n) is 12.8. The van der Waals surface area contributed by atoms with Crippen LogP contribution in [0.25, 0.3) is 0 Å². The molecule has 6 nitrogen and oxygen atoms in total. The summed E-state index contributed by atoms with van der Waals surface area (Å²) < 4.78 is 1.78. The van der Waals surface area contributed by atoms with Gasteiger partial charge in [-0.15, -0.1) is 11.3 Å². The minimum absolute atomic E-state index is 0.101. The van der Waals surface area contributed by atoms with Gasteiger partial charge in [-0.2, -0.15) is 5.10 Å². The van der Waals surface area contributed by atoms with Crippen LogP contribution in [0.1, 0.15) is 23.2 Å². The first-order valence-corrected chi connectivity index (χ1v) is 8.26. The van der Waals surface area contributed by atoms with E-state index in [2.05, 4.69) is 20.4 Å². The third kappa shape index (κ3) is 4.23. The van der Waals surface area contributed by atoms with E-state index in [-0.39, 0.29) is 12.3 Å². The number of hydrogen-bond donors (Lipinski definition) is 1. The molecule has 3 aromatic rings. The third-order valence-electron chi connectivity index (χ3n) is 3.28. The van der Waals surface area contributed by atoms with Crippen LogP contribution in [-0.2, 0) is 24.2 Å². The lowest BCUT2D eigenvalue weighted by molar-refractivity contribution is -0.115. The summed E-state index contributed by atoms with van der Waals surface area (Å²) in [5, 5.41) is 9.98. The fourth-order valence-corrected chi connectivity index (χ4v) is 2.98. The normalized spacial score (nSPS) is 10.7. The number of amides is 1. The molecule has 0 bridgehead atoms. The van der Waals surface area contributed by atoms with Crippen molar-refractivity contribution in [2.45, 2.75) is 26.3 Å². The molecule has 7 heteroatoms. The molecule has 0 fully saturated rings. The first-order valence-electron chi connectivity index (χ1n) is 7.38. The second-order valence-corrected chi connectivity index (χ2v) is 6.01. The number of nitrogens with one attached hydrogen (secondary N) is 1. The molecule has 0 atom stereocenters. The quantitative estimate of drug-likeness (QED) is 0.755. The standard InChI is InChI=1S/C16H17N5OS/c1-2-13-11-23-16(18-13)9-15(22)19-14-5-8-21(20-14)10-12-3-6-17-7-4-12/h3-8,11H,2,9-10H2,1H3,(H,19,20,22). The number of aryl methyl sites for hydroxylation is 1. The smallest absolute Gasteiger partial charge is 0.232 e. The Morgan fingerprint density at radius 1 is 1.30 bits per heavy atom. The van der Waals surface area contributed by atoms with Crippen LogP contribution in [0, 0.1) is 0 Å². The number of rotatable bonds is 6. The SMILES string of the molecule is CCc1csc(CC(=O)Nc2ccn(Cc3ccncc3)n2)n1. The Hall–Kier alpha value is -2.54. The van der Waals surface area contributed by atoms with Crippen molar-refractivity contribution in [3.8, 4) is 0 Å². The summed E-state index contributed by atoms with van der Waals surface area (Å²) in [5.41, 5.74) is 2.13. The molecule has 1 amide bonds. The number of thiazole rings is 1. The maximum absolute atomic E-state index is 12.0. The van der Waals surface area contributed by atoms with Crippen molar-refractivity contribution in [3.63, 3.8) is 0 Å². The highest BCUT2D eigenvalue weighted by molar-refractivity contribution is 7.09. The Bertz CT molecular complexity index is 781. The van der Waals surface area contributed by atoms with Gasteiger partial charge >= 0.3 is 0 Å². The van der Waals surface area contributed by atoms with E-state index in [4.69, 9.17) is 0 Å². The molecule has 3 heterocycles. The summed E-state index contributed by atoms with van der Waals surface area (Å²) >= 11 is 1.52. The van der Waals surface area contributed by atoms with E-state index in [1.165, 1.54) is 11.3 Å². The molecule has 1 N–H and O–H groups in total. The fourth-order valence-electron chi connectivity index (χ4n) is 2.11. The fraction of sp³-hybridized carbons (Fsp3) is 0.250. The van der Waals surface area contributed by atoms with E-state index in [1.807, 2.05) is 30.6 Å². The van der Waals surface area contributed by atoms with Gasteiger partial charge in [-0.25, -0.2) is 4.98 Å². The van der Waals surface area contributed by atoms with E-state index in [9.17, 15) is 4.79 Å². The second kappa shape index (κ2) is 7.15. The van der Waals surface area contributed by atoms with Gasteiger partial charge in [-0.3, -0.25) is 14.5 Å². The molecule has 0 unspecified atom stereocenters. The van der Waals surface area contributed by atoms with Gasteiger partial charge in [-0.05, 0) is 24.1 Å². The maximum Gasteiger partial charge on any atom is 0.232 e. The van der Waals surface area contributed by atoms with Gasteiger partial charge in [0.15, 0.2) is 5.82 Å². The number of pyridine rings is 1. The van der Waals surface area contributed by atoms with Gasteiger partial charge in [0.05, 0.1) is 18.7 Å². The van der Waals surface area contributed by atoms with E-state index < -0.39 is 0 Å². The molecule has 0 spiro atoms. The van der Waals surface area contributed by atoms with Gasteiger partial charge < -0.3 is 5.32 Å². The molecular weight excluding hydrogens is 310 g/mol. The monoisotopic (exact) mass is 327 g/mol. The molecule has 0 aliphatic rings. The lowest BCUT2D eigenvalue weighted by atomic mass is 10.3. The van der Waals surface area contributed by atoms with Crippen LogP contribution >= 0.6 is 11.3 Å². The van der Waals surface area contributed by atoms with Gasteiger partial charge in [0, 0.05) is 30.0 Å². The molecule has 23 heavy (non-hydrogen) atoms. The Morgan fingerprint density at radius 2 is 2.13 bits per heavy atom. The number of anilines is 1. The Labute approximate surface area is 138 Å². The molecular formula is C16H17N5OS. The molecule has 0 aliphatic heterocycles. The lowest BCUT2D eigenvalue weighted by Gasteiger charge is -2.02. The molecule has 118 valence electrons. The first-order chi connectivity index (χ1) is 11.2. The number of aromatic nitrogens is 4. The van der Waals surface area contributed by atoms with Crippen LogP contribution in [0.3, 0.4) is 0 Å². The van der Waals surface area contributed by atoms with E-state index in [1.54, 1.807) is 23.1 Å². The summed E-state index contributed by atoms with van der Waals surface area (Å²) in [4.78, 5) is 20.4. The summed E-state index contributed by atoms with van der Waals surface area (Å²) in [7, 11) is 0. The Morgan fingerprint density at radius 3 is 2.87 bits per heavy atom. The van der Waals surface area contributed by atoms with Crippen molar-refractivity contribution in [2.24, 2.45) is 0 Å². The molecule has 0 aliphatic carbocycles. The zero-order valence-corrected chi connectivity index (χ0v) is 13.6. The lowest BCUT2D eigenvalue weighted by Crippen LogP contribution is -2.15. The molecule has 0 radical (unpaired) electrons. The number of carbonyl (C=O) groups excluding carboxylic acids is 1. The summed E-state index contributed by atoms with van der Waals surface area (Å²) in [6.07, 6.45) is 6.51. The average molecular weight is 327 g/mol. The first kappa shape index (κ1) is 15.4.